The van der Waals surface area contributed by atoms with Crippen molar-refractivity contribution in [2.45, 2.75) is 19.4 Å². The van der Waals surface area contributed by atoms with E-state index in [1.54, 1.807) is 6.20 Å². The molecule has 3 aromatic heterocycles. The molecule has 4 aromatic rings. The molecule has 0 aliphatic carbocycles. The van der Waals surface area contributed by atoms with Gasteiger partial charge in [0, 0.05) is 49.9 Å². The zero-order valence-corrected chi connectivity index (χ0v) is 20.1. The number of anilines is 2. The van der Waals surface area contributed by atoms with Gasteiger partial charge >= 0.3 is 0 Å². The second-order valence-electron chi connectivity index (χ2n) is 9.34. The molecule has 36 heavy (non-hydrogen) atoms. The Hall–Kier alpha value is -3.82. The summed E-state index contributed by atoms with van der Waals surface area (Å²) >= 11 is 0. The van der Waals surface area contributed by atoms with Gasteiger partial charge in [-0.2, -0.15) is 5.10 Å². The van der Waals surface area contributed by atoms with E-state index in [1.807, 2.05) is 42.7 Å². The van der Waals surface area contributed by atoms with Crippen LogP contribution in [-0.4, -0.2) is 70.4 Å². The van der Waals surface area contributed by atoms with Crippen LogP contribution in [0.2, 0.25) is 0 Å². The molecule has 2 fully saturated rings. The van der Waals surface area contributed by atoms with Gasteiger partial charge in [-0.1, -0.05) is 6.07 Å². The highest BCUT2D eigenvalue weighted by molar-refractivity contribution is 6.11. The number of hydrogen-bond acceptors (Lipinski definition) is 7. The molecule has 1 aromatic carbocycles. The van der Waals surface area contributed by atoms with Gasteiger partial charge in [0.2, 0.25) is 0 Å². The maximum absolute atomic E-state index is 13.1. The molecule has 0 radical (unpaired) electrons. The van der Waals surface area contributed by atoms with E-state index in [0.29, 0.717) is 11.4 Å². The van der Waals surface area contributed by atoms with Crippen molar-refractivity contribution >= 4 is 28.2 Å². The third kappa shape index (κ3) is 4.80. The molecule has 0 bridgehead atoms. The highest BCUT2D eigenvalue weighted by Crippen LogP contribution is 2.29. The number of hydrogen-bond donors (Lipinski definition) is 2. The van der Waals surface area contributed by atoms with Crippen LogP contribution in [0.25, 0.3) is 22.0 Å². The van der Waals surface area contributed by atoms with E-state index in [4.69, 9.17) is 4.74 Å². The number of aromatic nitrogens is 4. The number of nitrogens with zero attached hydrogens (tertiary/aromatic N) is 5. The molecule has 1 amide bonds. The van der Waals surface area contributed by atoms with Crippen LogP contribution < -0.4 is 10.2 Å². The maximum Gasteiger partial charge on any atom is 0.276 e. The number of nitrogens with one attached hydrogen (secondary N) is 2. The molecule has 9 heteroatoms. The van der Waals surface area contributed by atoms with Crippen LogP contribution in [0.5, 0.6) is 0 Å². The fourth-order valence-electron chi connectivity index (χ4n) is 4.87. The van der Waals surface area contributed by atoms with Gasteiger partial charge in [-0.05, 0) is 48.7 Å². The smallest absolute Gasteiger partial charge is 0.276 e. The lowest BCUT2D eigenvalue weighted by Gasteiger charge is -2.26. The average molecular weight is 484 g/mol. The monoisotopic (exact) mass is 483 g/mol. The molecule has 2 N–H and O–H groups in total. The van der Waals surface area contributed by atoms with E-state index in [1.165, 1.54) is 12.8 Å². The van der Waals surface area contributed by atoms with Gasteiger partial charge < -0.3 is 15.0 Å². The summed E-state index contributed by atoms with van der Waals surface area (Å²) in [6.45, 7) is 6.25. The summed E-state index contributed by atoms with van der Waals surface area (Å²) in [6, 6.07) is 12.0. The van der Waals surface area contributed by atoms with Crippen LogP contribution in [0, 0.1) is 0 Å². The van der Waals surface area contributed by atoms with Crippen LogP contribution in [0.15, 0.2) is 55.0 Å². The minimum atomic E-state index is -0.273. The standard InChI is InChI=1S/C27H29N7O2/c35-27(30-21-4-5-22(29-16-21)18-33-9-11-36-12-10-33)26-24-14-19(3-6-25(24)31-32-26)20-13-23(17-28-15-20)34-7-1-2-8-34/h3-6,13-17H,1-2,7-12,18H2,(H,30,35)(H,31,32). The molecule has 2 aliphatic heterocycles. The number of morpholine rings is 1. The van der Waals surface area contributed by atoms with E-state index in [-0.39, 0.29) is 5.91 Å². The quantitative estimate of drug-likeness (QED) is 0.431. The van der Waals surface area contributed by atoms with E-state index < -0.39 is 0 Å². The van der Waals surface area contributed by atoms with Crippen LogP contribution in [0.3, 0.4) is 0 Å². The average Bonchev–Trinajstić information content (AvgIpc) is 3.61. The van der Waals surface area contributed by atoms with Gasteiger partial charge in [-0.3, -0.25) is 24.8 Å². The Labute approximate surface area is 209 Å². The Morgan fingerprint density at radius 2 is 1.83 bits per heavy atom. The normalized spacial score (nSPS) is 16.5. The number of amides is 1. The first kappa shape index (κ1) is 22.6. The maximum atomic E-state index is 13.1. The highest BCUT2D eigenvalue weighted by atomic mass is 16.5. The Morgan fingerprint density at radius 1 is 0.972 bits per heavy atom. The van der Waals surface area contributed by atoms with Gasteiger partial charge in [0.15, 0.2) is 5.69 Å². The number of benzene rings is 1. The van der Waals surface area contributed by atoms with Crippen molar-refractivity contribution in [1.29, 1.82) is 0 Å². The lowest BCUT2D eigenvalue weighted by molar-refractivity contribution is 0.0336. The van der Waals surface area contributed by atoms with Crippen molar-refractivity contribution in [2.75, 3.05) is 49.6 Å². The number of rotatable bonds is 6. The fourth-order valence-corrected chi connectivity index (χ4v) is 4.87. The topological polar surface area (TPSA) is 99.3 Å². The summed E-state index contributed by atoms with van der Waals surface area (Å²) in [5, 5.41) is 11.0. The van der Waals surface area contributed by atoms with Gasteiger partial charge in [0.25, 0.3) is 5.91 Å². The minimum Gasteiger partial charge on any atom is -0.379 e. The number of pyridine rings is 2. The zero-order valence-electron chi connectivity index (χ0n) is 20.1. The number of aromatic amines is 1. The van der Waals surface area contributed by atoms with Gasteiger partial charge in [-0.25, -0.2) is 0 Å². The molecule has 0 saturated carbocycles. The third-order valence-electron chi connectivity index (χ3n) is 6.88. The second kappa shape index (κ2) is 10.0. The molecule has 0 spiro atoms. The third-order valence-corrected chi connectivity index (χ3v) is 6.88. The molecule has 5 heterocycles. The summed E-state index contributed by atoms with van der Waals surface area (Å²) in [7, 11) is 0. The van der Waals surface area contributed by atoms with Crippen molar-refractivity contribution in [2.24, 2.45) is 0 Å². The molecule has 0 atom stereocenters. The number of fused-ring (bicyclic) bond motifs is 1. The first-order chi connectivity index (χ1) is 17.7. The van der Waals surface area contributed by atoms with E-state index in [0.717, 1.165) is 79.3 Å². The van der Waals surface area contributed by atoms with Crippen molar-refractivity contribution in [3.63, 3.8) is 0 Å². The molecule has 0 unspecified atom stereocenters. The van der Waals surface area contributed by atoms with Crippen molar-refractivity contribution in [1.82, 2.24) is 25.1 Å². The molecule has 6 rings (SSSR count). The number of carbonyl (C=O) groups is 1. The Kier molecular flexibility index (Phi) is 6.31. The van der Waals surface area contributed by atoms with Crippen LogP contribution in [-0.2, 0) is 11.3 Å². The van der Waals surface area contributed by atoms with E-state index >= 15 is 0 Å². The summed E-state index contributed by atoms with van der Waals surface area (Å²) in [5.41, 5.74) is 5.93. The molecule has 9 nitrogen and oxygen atoms in total. The van der Waals surface area contributed by atoms with Crippen LogP contribution >= 0.6 is 0 Å². The summed E-state index contributed by atoms with van der Waals surface area (Å²) in [5.74, 6) is -0.273. The molecular formula is C27H29N7O2. The highest BCUT2D eigenvalue weighted by Gasteiger charge is 2.17. The Morgan fingerprint density at radius 3 is 2.64 bits per heavy atom. The lowest BCUT2D eigenvalue weighted by atomic mass is 10.0. The molecule has 2 saturated heterocycles. The molecule has 2 aliphatic rings. The van der Waals surface area contributed by atoms with Gasteiger partial charge in [-0.15, -0.1) is 0 Å². The Balaban J connectivity index is 1.19. The largest absolute Gasteiger partial charge is 0.379 e. The SMILES string of the molecule is O=C(Nc1ccc(CN2CCOCC2)nc1)c1n[nH]c2ccc(-c3cncc(N4CCCC4)c3)cc12. The second-order valence-corrected chi connectivity index (χ2v) is 9.34. The molecule has 184 valence electrons. The first-order valence-corrected chi connectivity index (χ1v) is 12.5. The van der Waals surface area contributed by atoms with Gasteiger partial charge in [0.05, 0.1) is 48.2 Å². The van der Waals surface area contributed by atoms with Crippen molar-refractivity contribution < 1.29 is 9.53 Å². The first-order valence-electron chi connectivity index (χ1n) is 12.5. The molecular weight excluding hydrogens is 454 g/mol. The summed E-state index contributed by atoms with van der Waals surface area (Å²) < 4.78 is 5.40. The van der Waals surface area contributed by atoms with E-state index in [2.05, 4.69) is 41.3 Å². The van der Waals surface area contributed by atoms with Crippen LogP contribution in [0.1, 0.15) is 29.0 Å². The Bertz CT molecular complexity index is 1360. The number of ether oxygens (including phenoxy) is 1. The number of H-pyrrole nitrogens is 1. The summed E-state index contributed by atoms with van der Waals surface area (Å²) in [6.07, 6.45) is 7.92. The van der Waals surface area contributed by atoms with Crippen LogP contribution in [0.4, 0.5) is 11.4 Å². The fraction of sp³-hybridized carbons (Fsp3) is 0.333. The lowest BCUT2D eigenvalue weighted by Crippen LogP contribution is -2.35. The predicted octanol–water partition coefficient (Wildman–Crippen LogP) is 3.70. The van der Waals surface area contributed by atoms with Crippen molar-refractivity contribution in [3.05, 3.63) is 66.4 Å². The van der Waals surface area contributed by atoms with Crippen molar-refractivity contribution in [3.8, 4) is 11.1 Å². The number of carbonyl (C=O) groups excluding carboxylic acids is 1. The summed E-state index contributed by atoms with van der Waals surface area (Å²) in [4.78, 5) is 26.8. The van der Waals surface area contributed by atoms with E-state index in [9.17, 15) is 4.79 Å². The minimum absolute atomic E-state index is 0.273. The van der Waals surface area contributed by atoms with Gasteiger partial charge in [0.1, 0.15) is 0 Å². The predicted molar refractivity (Wildman–Crippen MR) is 139 cm³/mol. The zero-order chi connectivity index (χ0) is 24.3.